The van der Waals surface area contributed by atoms with Gasteiger partial charge in [0.2, 0.25) is 0 Å². The molecule has 0 aromatic carbocycles. The Labute approximate surface area is 64.2 Å². The van der Waals surface area contributed by atoms with Gasteiger partial charge in [-0.25, -0.2) is 4.99 Å². The molecule has 3 nitrogen and oxygen atoms in total. The van der Waals surface area contributed by atoms with E-state index in [0.717, 1.165) is 0 Å². The van der Waals surface area contributed by atoms with E-state index in [4.69, 9.17) is 0 Å². The van der Waals surface area contributed by atoms with Gasteiger partial charge in [0.25, 0.3) is 5.91 Å². The predicted molar refractivity (Wildman–Crippen MR) is 39.5 cm³/mol. The van der Waals surface area contributed by atoms with Crippen LogP contribution in [0.1, 0.15) is 6.42 Å². The molecule has 0 saturated heterocycles. The summed E-state index contributed by atoms with van der Waals surface area (Å²) in [5, 5.41) is 0. The van der Waals surface area contributed by atoms with E-state index in [1.807, 2.05) is 0 Å². The molecule has 0 atom stereocenters. The number of rotatable bonds is 0. The average Bonchev–Trinajstić information content (AvgIpc) is 1.93. The van der Waals surface area contributed by atoms with Crippen LogP contribution in [0.3, 0.4) is 0 Å². The minimum Gasteiger partial charge on any atom is -0.294 e. The van der Waals surface area contributed by atoms with Gasteiger partial charge in [-0.2, -0.15) is 0 Å². The quantitative estimate of drug-likeness (QED) is 0.484. The molecule has 10 heavy (non-hydrogen) atoms. The number of hydrogen-bond acceptors (Lipinski definition) is 2. The van der Waals surface area contributed by atoms with Crippen LogP contribution in [0.15, 0.2) is 17.1 Å². The first-order valence-electron chi connectivity index (χ1n) is 2.55. The van der Waals surface area contributed by atoms with Crippen LogP contribution in [-0.2, 0) is 9.59 Å². The first-order chi connectivity index (χ1) is 4.29. The molecule has 1 aliphatic rings. The zero-order valence-electron chi connectivity index (χ0n) is 5.11. The summed E-state index contributed by atoms with van der Waals surface area (Å²) in [5.41, 5.74) is 0. The van der Waals surface area contributed by atoms with Crippen LogP contribution in [0.2, 0.25) is 0 Å². The van der Waals surface area contributed by atoms with Gasteiger partial charge < -0.3 is 0 Å². The minimum absolute atomic E-state index is 0. The maximum absolute atomic E-state index is 10.5. The lowest BCUT2D eigenvalue weighted by Gasteiger charge is -1.82. The number of ketones is 1. The summed E-state index contributed by atoms with van der Waals surface area (Å²) in [6.45, 7) is 0. The second kappa shape index (κ2) is 3.95. The topological polar surface area (TPSA) is 46.5 Å². The van der Waals surface area contributed by atoms with Crippen LogP contribution in [-0.4, -0.2) is 17.9 Å². The van der Waals surface area contributed by atoms with Gasteiger partial charge in [-0.15, -0.1) is 12.4 Å². The molecule has 1 heterocycles. The number of hydrogen-bond donors (Lipinski definition) is 0. The van der Waals surface area contributed by atoms with Crippen LogP contribution in [0.4, 0.5) is 0 Å². The van der Waals surface area contributed by atoms with Crippen molar-refractivity contribution in [2.24, 2.45) is 4.99 Å². The van der Waals surface area contributed by atoms with E-state index < -0.39 is 0 Å². The average molecular weight is 160 g/mol. The van der Waals surface area contributed by atoms with Crippen molar-refractivity contribution in [3.63, 3.8) is 0 Å². The molecule has 0 radical (unpaired) electrons. The normalized spacial score (nSPS) is 16.4. The van der Waals surface area contributed by atoms with Gasteiger partial charge in [0.15, 0.2) is 5.78 Å². The molecule has 0 aromatic rings. The Kier molecular flexibility index (Phi) is 3.57. The van der Waals surface area contributed by atoms with Crippen molar-refractivity contribution in [1.29, 1.82) is 0 Å². The van der Waals surface area contributed by atoms with Gasteiger partial charge in [0.05, 0.1) is 6.42 Å². The smallest absolute Gasteiger partial charge is 0.253 e. The molecule has 0 fully saturated rings. The number of carbonyl (C=O) groups excluding carboxylic acids is 2. The Hall–Kier alpha value is -0.960. The van der Waals surface area contributed by atoms with E-state index in [1.165, 1.54) is 18.4 Å². The van der Waals surface area contributed by atoms with Gasteiger partial charge in [-0.3, -0.25) is 9.59 Å². The maximum atomic E-state index is 10.5. The summed E-state index contributed by atoms with van der Waals surface area (Å²) in [6.07, 6.45) is 4.04. The van der Waals surface area contributed by atoms with E-state index >= 15 is 0 Å². The summed E-state index contributed by atoms with van der Waals surface area (Å²) in [7, 11) is 0. The van der Waals surface area contributed by atoms with Gasteiger partial charge in [0.1, 0.15) is 0 Å². The van der Waals surface area contributed by atoms with Crippen molar-refractivity contribution in [3.05, 3.63) is 12.2 Å². The molecule has 1 aliphatic heterocycles. The molecule has 0 spiro atoms. The lowest BCUT2D eigenvalue weighted by molar-refractivity contribution is -0.123. The highest BCUT2D eigenvalue weighted by molar-refractivity contribution is 6.09. The van der Waals surface area contributed by atoms with Crippen molar-refractivity contribution < 1.29 is 9.59 Å². The second-order valence-electron chi connectivity index (χ2n) is 1.67. The number of carbonyl (C=O) groups is 2. The molecule has 0 bridgehead atoms. The zero-order valence-corrected chi connectivity index (χ0v) is 5.93. The summed E-state index contributed by atoms with van der Waals surface area (Å²) in [6, 6.07) is 0. The Morgan fingerprint density at radius 3 is 2.80 bits per heavy atom. The highest BCUT2D eigenvalue weighted by Crippen LogP contribution is 1.92. The summed E-state index contributed by atoms with van der Waals surface area (Å²) >= 11 is 0. The highest BCUT2D eigenvalue weighted by atomic mass is 35.5. The lowest BCUT2D eigenvalue weighted by atomic mass is 10.3. The number of amides is 1. The van der Waals surface area contributed by atoms with Crippen LogP contribution in [0, 0.1) is 0 Å². The second-order valence-corrected chi connectivity index (χ2v) is 1.67. The number of nitrogens with zero attached hydrogens (tertiary/aromatic N) is 1. The monoisotopic (exact) mass is 159 g/mol. The molecular formula is C6H6ClNO2. The fraction of sp³-hybridized carbons (Fsp3) is 0.167. The van der Waals surface area contributed by atoms with Gasteiger partial charge in [-0.1, -0.05) is 0 Å². The summed E-state index contributed by atoms with van der Waals surface area (Å²) < 4.78 is 0. The summed E-state index contributed by atoms with van der Waals surface area (Å²) in [4.78, 5) is 24.3. The molecular weight excluding hydrogens is 154 g/mol. The molecule has 0 saturated carbocycles. The fourth-order valence-corrected chi connectivity index (χ4v) is 0.530. The third-order valence-corrected chi connectivity index (χ3v) is 0.912. The molecule has 0 unspecified atom stereocenters. The van der Waals surface area contributed by atoms with Gasteiger partial charge in [0, 0.05) is 6.21 Å². The van der Waals surface area contributed by atoms with Crippen LogP contribution in [0.25, 0.3) is 0 Å². The van der Waals surface area contributed by atoms with Crippen LogP contribution in [0.5, 0.6) is 0 Å². The van der Waals surface area contributed by atoms with Crippen LogP contribution < -0.4 is 0 Å². The number of allylic oxidation sites excluding steroid dienone is 2. The molecule has 4 heteroatoms. The number of halogens is 1. The van der Waals surface area contributed by atoms with E-state index in [1.54, 1.807) is 0 Å². The minimum atomic E-state index is -0.370. The molecule has 1 amide bonds. The largest absolute Gasteiger partial charge is 0.294 e. The molecule has 0 N–H and O–H groups in total. The Morgan fingerprint density at radius 1 is 1.40 bits per heavy atom. The summed E-state index contributed by atoms with van der Waals surface area (Å²) in [5.74, 6) is -0.553. The standard InChI is InChI=1S/C6H5NO2.ClH/c8-5-2-1-3-7-6(9)4-5;/h1-3H,4H2;1H. The SMILES string of the molecule is Cl.O=C1C=CC=NC(=O)C1. The predicted octanol–water partition coefficient (Wildman–Crippen LogP) is 0.535. The van der Waals surface area contributed by atoms with Crippen molar-refractivity contribution in [2.45, 2.75) is 6.42 Å². The van der Waals surface area contributed by atoms with E-state index in [-0.39, 0.29) is 30.5 Å². The first-order valence-corrected chi connectivity index (χ1v) is 2.55. The molecule has 0 aromatic heterocycles. The van der Waals surface area contributed by atoms with Crippen molar-refractivity contribution in [2.75, 3.05) is 0 Å². The van der Waals surface area contributed by atoms with E-state index in [9.17, 15) is 9.59 Å². The van der Waals surface area contributed by atoms with Crippen molar-refractivity contribution >= 4 is 30.3 Å². The van der Waals surface area contributed by atoms with Crippen molar-refractivity contribution in [3.8, 4) is 0 Å². The van der Waals surface area contributed by atoms with Gasteiger partial charge >= 0.3 is 0 Å². The Bertz CT molecular complexity index is 186. The third kappa shape index (κ3) is 2.55. The van der Waals surface area contributed by atoms with E-state index in [0.29, 0.717) is 0 Å². The zero-order chi connectivity index (χ0) is 6.69. The highest BCUT2D eigenvalue weighted by Gasteiger charge is 2.05. The maximum Gasteiger partial charge on any atom is 0.253 e. The van der Waals surface area contributed by atoms with Crippen LogP contribution >= 0.6 is 12.4 Å². The lowest BCUT2D eigenvalue weighted by Crippen LogP contribution is -1.99. The van der Waals surface area contributed by atoms with Gasteiger partial charge in [-0.05, 0) is 12.2 Å². The molecule has 54 valence electrons. The van der Waals surface area contributed by atoms with Crippen molar-refractivity contribution in [1.82, 2.24) is 0 Å². The first kappa shape index (κ1) is 9.04. The fourth-order valence-electron chi connectivity index (χ4n) is 0.530. The molecule has 0 aliphatic carbocycles. The Balaban J connectivity index is 0.000000810. The van der Waals surface area contributed by atoms with E-state index in [2.05, 4.69) is 4.99 Å². The third-order valence-electron chi connectivity index (χ3n) is 0.912. The molecule has 1 rings (SSSR count). The Morgan fingerprint density at radius 2 is 2.10 bits per heavy atom. The number of aliphatic imine (C=N–C) groups is 1.